The number of methoxy groups -OCH3 is 1. The molecule has 0 aliphatic carbocycles. The minimum Gasteiger partial charge on any atom is -0.503 e. The van der Waals surface area contributed by atoms with E-state index in [4.69, 9.17) is 4.74 Å². The molecule has 1 aromatic heterocycles. The predicted molar refractivity (Wildman–Crippen MR) is 155 cm³/mol. The lowest BCUT2D eigenvalue weighted by Crippen LogP contribution is -2.41. The van der Waals surface area contributed by atoms with Gasteiger partial charge in [0.2, 0.25) is 17.0 Å². The SMILES string of the molecule is COc1ccc(/C(O)=C(/c2c([N+](=O)[O-])cc([N+](=O)[O-])cc2[N+](=O)[O-])n2n[n+](CC(=O)c3ccccc3)c3ccccc32)cc1. The Morgan fingerprint density at radius 2 is 1.43 bits per heavy atom. The summed E-state index contributed by atoms with van der Waals surface area (Å²) in [5, 5.41) is 52.3. The van der Waals surface area contributed by atoms with Crippen LogP contribution in [-0.2, 0) is 6.54 Å². The van der Waals surface area contributed by atoms with Gasteiger partial charge in [-0.25, -0.2) is 0 Å². The van der Waals surface area contributed by atoms with Crippen LogP contribution in [0.1, 0.15) is 21.5 Å². The molecule has 0 aliphatic rings. The third kappa shape index (κ3) is 5.39. The first-order valence-corrected chi connectivity index (χ1v) is 12.8. The van der Waals surface area contributed by atoms with Crippen LogP contribution in [0.3, 0.4) is 0 Å². The largest absolute Gasteiger partial charge is 0.503 e. The van der Waals surface area contributed by atoms with Crippen LogP contribution >= 0.6 is 0 Å². The molecular formula is C29H21N6O9+. The number of nitro benzene ring substituents is 3. The van der Waals surface area contributed by atoms with E-state index in [-0.39, 0.29) is 23.4 Å². The van der Waals surface area contributed by atoms with Crippen molar-refractivity contribution in [2.75, 3.05) is 7.11 Å². The summed E-state index contributed by atoms with van der Waals surface area (Å²) >= 11 is 0. The zero-order valence-corrected chi connectivity index (χ0v) is 22.8. The average Bonchev–Trinajstić information content (AvgIpc) is 3.38. The monoisotopic (exact) mass is 597 g/mol. The van der Waals surface area contributed by atoms with Gasteiger partial charge in [0.15, 0.2) is 23.4 Å². The van der Waals surface area contributed by atoms with Crippen LogP contribution < -0.4 is 9.42 Å². The topological polar surface area (TPSA) is 198 Å². The highest BCUT2D eigenvalue weighted by molar-refractivity contribution is 5.97. The molecule has 0 bridgehead atoms. The van der Waals surface area contributed by atoms with Gasteiger partial charge in [-0.05, 0) is 36.4 Å². The van der Waals surface area contributed by atoms with E-state index in [9.17, 15) is 40.2 Å². The van der Waals surface area contributed by atoms with Gasteiger partial charge in [0.05, 0.1) is 39.2 Å². The molecule has 0 spiro atoms. The summed E-state index contributed by atoms with van der Waals surface area (Å²) in [6, 6.07) is 21.7. The first kappa shape index (κ1) is 29.0. The smallest absolute Gasteiger partial charge is 0.295 e. The molecule has 0 radical (unpaired) electrons. The molecule has 0 aliphatic heterocycles. The summed E-state index contributed by atoms with van der Waals surface area (Å²) in [7, 11) is 1.42. The van der Waals surface area contributed by atoms with E-state index in [1.165, 1.54) is 42.1 Å². The van der Waals surface area contributed by atoms with Gasteiger partial charge in [-0.15, -0.1) is 4.68 Å². The fourth-order valence-electron chi connectivity index (χ4n) is 4.64. The Balaban J connectivity index is 1.86. The van der Waals surface area contributed by atoms with Crippen molar-refractivity contribution >= 4 is 45.3 Å². The van der Waals surface area contributed by atoms with Crippen molar-refractivity contribution in [3.63, 3.8) is 0 Å². The molecule has 0 saturated heterocycles. The number of fused-ring (bicyclic) bond motifs is 1. The van der Waals surface area contributed by atoms with Crippen LogP contribution in [0.15, 0.2) is 91.0 Å². The van der Waals surface area contributed by atoms with Crippen LogP contribution in [0, 0.1) is 30.3 Å². The summed E-state index contributed by atoms with van der Waals surface area (Å²) in [6.07, 6.45) is 0. The number of nitro groups is 3. The third-order valence-corrected chi connectivity index (χ3v) is 6.70. The Bertz CT molecular complexity index is 1950. The second-order valence-corrected chi connectivity index (χ2v) is 9.29. The molecule has 0 unspecified atom stereocenters. The van der Waals surface area contributed by atoms with Gasteiger partial charge in [0.25, 0.3) is 17.1 Å². The molecule has 0 saturated carbocycles. The predicted octanol–water partition coefficient (Wildman–Crippen LogP) is 4.87. The zero-order valence-electron chi connectivity index (χ0n) is 22.8. The fourth-order valence-corrected chi connectivity index (χ4v) is 4.64. The summed E-state index contributed by atoms with van der Waals surface area (Å²) in [4.78, 5) is 46.2. The minimum absolute atomic E-state index is 0.0641. The van der Waals surface area contributed by atoms with E-state index in [2.05, 4.69) is 5.21 Å². The number of benzene rings is 4. The van der Waals surface area contributed by atoms with Crippen LogP contribution in [0.4, 0.5) is 17.1 Å². The quantitative estimate of drug-likeness (QED) is 0.0578. The lowest BCUT2D eigenvalue weighted by Gasteiger charge is -2.09. The second kappa shape index (κ2) is 11.8. The number of hydrogen-bond donors (Lipinski definition) is 1. The highest BCUT2D eigenvalue weighted by Crippen LogP contribution is 2.42. The van der Waals surface area contributed by atoms with Gasteiger partial charge >= 0.3 is 0 Å². The lowest BCUT2D eigenvalue weighted by atomic mass is 10.0. The van der Waals surface area contributed by atoms with Crippen molar-refractivity contribution in [1.82, 2.24) is 9.90 Å². The Morgan fingerprint density at radius 1 is 0.841 bits per heavy atom. The van der Waals surface area contributed by atoms with Crippen molar-refractivity contribution in [1.29, 1.82) is 0 Å². The maximum Gasteiger partial charge on any atom is 0.295 e. The van der Waals surface area contributed by atoms with E-state index in [1.807, 2.05) is 0 Å². The number of carbonyl (C=O) groups excluding carboxylic acids is 1. The van der Waals surface area contributed by atoms with Crippen LogP contribution in [0.2, 0.25) is 0 Å². The van der Waals surface area contributed by atoms with Crippen LogP contribution in [-0.4, -0.2) is 42.7 Å². The summed E-state index contributed by atoms with van der Waals surface area (Å²) < 4.78 is 7.48. The van der Waals surface area contributed by atoms with E-state index >= 15 is 0 Å². The number of ether oxygens (including phenoxy) is 1. The van der Waals surface area contributed by atoms with Crippen molar-refractivity contribution in [2.45, 2.75) is 6.54 Å². The molecule has 4 aromatic carbocycles. The van der Waals surface area contributed by atoms with Gasteiger partial charge in [-0.1, -0.05) is 47.1 Å². The first-order chi connectivity index (χ1) is 21.1. The van der Waals surface area contributed by atoms with Crippen molar-refractivity contribution in [3.8, 4) is 5.75 Å². The molecule has 1 heterocycles. The second-order valence-electron chi connectivity index (χ2n) is 9.29. The molecule has 44 heavy (non-hydrogen) atoms. The molecule has 5 aromatic rings. The maximum absolute atomic E-state index is 13.1. The van der Waals surface area contributed by atoms with Crippen LogP contribution in [0.5, 0.6) is 5.75 Å². The molecule has 0 fully saturated rings. The highest BCUT2D eigenvalue weighted by atomic mass is 16.6. The lowest BCUT2D eigenvalue weighted by molar-refractivity contribution is -0.719. The summed E-state index contributed by atoms with van der Waals surface area (Å²) in [5.74, 6) is -0.595. The van der Waals surface area contributed by atoms with Gasteiger partial charge in [0.1, 0.15) is 5.75 Å². The molecular weight excluding hydrogens is 576 g/mol. The fraction of sp³-hybridized carbons (Fsp3) is 0.0690. The number of ketones is 1. The molecule has 220 valence electrons. The van der Waals surface area contributed by atoms with Gasteiger partial charge in [0, 0.05) is 11.1 Å². The normalized spacial score (nSPS) is 11.6. The van der Waals surface area contributed by atoms with Gasteiger partial charge in [-0.2, -0.15) is 0 Å². The number of hydrogen-bond acceptors (Lipinski definition) is 10. The zero-order chi connectivity index (χ0) is 31.5. The van der Waals surface area contributed by atoms with Crippen molar-refractivity contribution in [2.24, 2.45) is 0 Å². The Kier molecular flexibility index (Phi) is 7.76. The number of aliphatic hydroxyl groups excluding tert-OH is 1. The minimum atomic E-state index is -1.02. The Labute approximate surface area is 246 Å². The highest BCUT2D eigenvalue weighted by Gasteiger charge is 2.40. The molecule has 0 amide bonds. The van der Waals surface area contributed by atoms with Gasteiger partial charge < -0.3 is 9.84 Å². The summed E-state index contributed by atoms with van der Waals surface area (Å²) in [6.45, 7) is -0.293. The molecule has 5 rings (SSSR count). The number of aliphatic hydroxyl groups is 1. The van der Waals surface area contributed by atoms with E-state index in [0.29, 0.717) is 29.0 Å². The first-order valence-electron chi connectivity index (χ1n) is 12.8. The van der Waals surface area contributed by atoms with E-state index < -0.39 is 48.9 Å². The number of carbonyl (C=O) groups is 1. The third-order valence-electron chi connectivity index (χ3n) is 6.70. The van der Waals surface area contributed by atoms with Crippen molar-refractivity contribution in [3.05, 3.63) is 138 Å². The number of rotatable bonds is 10. The van der Waals surface area contributed by atoms with Crippen LogP contribution in [0.25, 0.3) is 22.5 Å². The number of non-ortho nitro benzene ring substituents is 1. The molecule has 15 nitrogen and oxygen atoms in total. The van der Waals surface area contributed by atoms with E-state index in [1.54, 1.807) is 48.5 Å². The summed E-state index contributed by atoms with van der Waals surface area (Å²) in [5.41, 5.74) is -3.19. The number of aromatic nitrogens is 3. The molecule has 0 atom stereocenters. The Morgan fingerprint density at radius 3 is 2.00 bits per heavy atom. The number of para-hydroxylation sites is 2. The molecule has 15 heteroatoms. The van der Waals surface area contributed by atoms with E-state index in [0.717, 1.165) is 4.68 Å². The maximum atomic E-state index is 13.1. The average molecular weight is 598 g/mol. The Hall–Kier alpha value is -6.51. The number of Topliss-reactive ketones (excluding diaryl/α,β-unsaturated/α-hetero) is 1. The van der Waals surface area contributed by atoms with Gasteiger partial charge in [-0.3, -0.25) is 35.1 Å². The number of nitrogens with zero attached hydrogens (tertiary/aromatic N) is 6. The molecule has 1 N–H and O–H groups in total. The van der Waals surface area contributed by atoms with Crippen molar-refractivity contribution < 1.29 is 34.1 Å². The standard InChI is InChI=1S/C29H20N6O9/c1-44-21-13-11-19(12-14-21)29(37)28(27-24(34(40)41)15-20(33(38)39)16-25(27)35(42)43)32-23-10-6-5-9-22(23)31(30-32)17-26(36)18-7-3-2-4-8-18/h2-16H,17H2,1H3/p+1.